The molecule has 0 spiro atoms. The minimum atomic E-state index is -0.906. The van der Waals surface area contributed by atoms with Crippen LogP contribution in [0.5, 0.6) is 0 Å². The molecule has 17 heavy (non-hydrogen) atoms. The number of ether oxygens (including phenoxy) is 1. The lowest BCUT2D eigenvalue weighted by Gasteiger charge is -2.23. The van der Waals surface area contributed by atoms with E-state index in [1.807, 2.05) is 0 Å². The molecule has 1 fully saturated rings. The lowest BCUT2D eigenvalue weighted by molar-refractivity contribution is -0.137. The van der Waals surface area contributed by atoms with E-state index >= 15 is 0 Å². The first-order valence-electron chi connectivity index (χ1n) is 6.19. The van der Waals surface area contributed by atoms with E-state index in [0.717, 1.165) is 12.8 Å². The summed E-state index contributed by atoms with van der Waals surface area (Å²) in [6.07, 6.45) is 5.52. The van der Waals surface area contributed by atoms with Crippen molar-refractivity contribution in [2.75, 3.05) is 20.2 Å². The number of carbonyl (C=O) groups is 2. The zero-order chi connectivity index (χ0) is 12.7. The molecule has 0 unspecified atom stereocenters. The molecule has 0 atom stereocenters. The fourth-order valence-corrected chi connectivity index (χ4v) is 2.01. The molecular formula is C12H21NO4. The summed E-state index contributed by atoms with van der Waals surface area (Å²) in [6, 6.07) is 0. The molecule has 5 nitrogen and oxygen atoms in total. The number of nitrogens with zero attached hydrogens (tertiary/aromatic N) is 1. The van der Waals surface area contributed by atoms with Crippen molar-refractivity contribution in [3.05, 3.63) is 0 Å². The van der Waals surface area contributed by atoms with Crippen LogP contribution in [0.3, 0.4) is 0 Å². The van der Waals surface area contributed by atoms with Crippen LogP contribution in [0, 0.1) is 5.92 Å². The number of amides is 1. The number of aliphatic carboxylic acids is 1. The maximum Gasteiger partial charge on any atom is 0.409 e. The van der Waals surface area contributed by atoms with Crippen LogP contribution in [0.1, 0.15) is 38.5 Å². The normalized spacial score (nSPS) is 16.5. The first-order chi connectivity index (χ1) is 8.09. The number of carboxylic acids is 1. The molecule has 1 N–H and O–H groups in total. The topological polar surface area (TPSA) is 66.8 Å². The molecule has 98 valence electrons. The van der Waals surface area contributed by atoms with Crippen LogP contribution in [0.25, 0.3) is 0 Å². The monoisotopic (exact) mass is 243 g/mol. The van der Waals surface area contributed by atoms with Gasteiger partial charge in [-0.15, -0.1) is 0 Å². The van der Waals surface area contributed by atoms with E-state index in [4.69, 9.17) is 9.84 Å². The highest BCUT2D eigenvalue weighted by Gasteiger charge is 2.17. The van der Waals surface area contributed by atoms with Gasteiger partial charge in [-0.3, -0.25) is 4.79 Å². The van der Waals surface area contributed by atoms with Crippen LogP contribution >= 0.6 is 0 Å². The summed E-state index contributed by atoms with van der Waals surface area (Å²) in [5.74, 6) is -0.419. The van der Waals surface area contributed by atoms with E-state index in [9.17, 15) is 9.59 Å². The molecule has 1 saturated carbocycles. The third kappa shape index (κ3) is 5.56. The van der Waals surface area contributed by atoms with Crippen molar-refractivity contribution < 1.29 is 19.4 Å². The highest BCUT2D eigenvalue weighted by molar-refractivity contribution is 5.70. The smallest absolute Gasteiger partial charge is 0.409 e. The standard InChI is InChI=1S/C12H21NO4/c1-13(8-7-11(14)15)12(16)17-9-10-5-3-2-4-6-10/h10H,2-9H2,1H3,(H,14,15). The van der Waals surface area contributed by atoms with Gasteiger partial charge in [0.15, 0.2) is 0 Å². The second-order valence-corrected chi connectivity index (χ2v) is 4.65. The Morgan fingerprint density at radius 2 is 1.94 bits per heavy atom. The Hall–Kier alpha value is -1.26. The third-order valence-electron chi connectivity index (χ3n) is 3.14. The van der Waals surface area contributed by atoms with Crippen molar-refractivity contribution in [1.29, 1.82) is 0 Å². The van der Waals surface area contributed by atoms with Crippen LogP contribution in [0.15, 0.2) is 0 Å². The van der Waals surface area contributed by atoms with Crippen molar-refractivity contribution in [2.45, 2.75) is 38.5 Å². The maximum absolute atomic E-state index is 11.5. The minimum absolute atomic E-state index is 0.0466. The molecule has 0 bridgehead atoms. The average Bonchev–Trinajstić information content (AvgIpc) is 2.34. The minimum Gasteiger partial charge on any atom is -0.481 e. The molecule has 0 heterocycles. The number of hydrogen-bond acceptors (Lipinski definition) is 3. The zero-order valence-electron chi connectivity index (χ0n) is 10.4. The summed E-state index contributed by atoms with van der Waals surface area (Å²) in [5.41, 5.74) is 0. The first kappa shape index (κ1) is 13.8. The Morgan fingerprint density at radius 1 is 1.29 bits per heavy atom. The molecule has 0 radical (unpaired) electrons. The van der Waals surface area contributed by atoms with Gasteiger partial charge >= 0.3 is 12.1 Å². The fraction of sp³-hybridized carbons (Fsp3) is 0.833. The quantitative estimate of drug-likeness (QED) is 0.803. The maximum atomic E-state index is 11.5. The Balaban J connectivity index is 2.16. The van der Waals surface area contributed by atoms with Crippen LogP contribution in [-0.4, -0.2) is 42.3 Å². The number of hydrogen-bond donors (Lipinski definition) is 1. The summed E-state index contributed by atoms with van der Waals surface area (Å²) in [5, 5.41) is 8.50. The SMILES string of the molecule is CN(CCC(=O)O)C(=O)OCC1CCCCC1. The van der Waals surface area contributed by atoms with Crippen molar-refractivity contribution in [1.82, 2.24) is 4.90 Å². The van der Waals surface area contributed by atoms with Gasteiger partial charge in [0.05, 0.1) is 13.0 Å². The van der Waals surface area contributed by atoms with Gasteiger partial charge in [0.25, 0.3) is 0 Å². The Labute approximate surface area is 102 Å². The summed E-state index contributed by atoms with van der Waals surface area (Å²) < 4.78 is 5.17. The van der Waals surface area contributed by atoms with Crippen molar-refractivity contribution in [3.63, 3.8) is 0 Å². The third-order valence-corrected chi connectivity index (χ3v) is 3.14. The van der Waals surface area contributed by atoms with Gasteiger partial charge in [-0.2, -0.15) is 0 Å². The Morgan fingerprint density at radius 3 is 2.53 bits per heavy atom. The number of carbonyl (C=O) groups excluding carboxylic acids is 1. The fourth-order valence-electron chi connectivity index (χ4n) is 2.01. The van der Waals surface area contributed by atoms with E-state index < -0.39 is 12.1 Å². The Kier molecular flexibility index (Phi) is 5.80. The predicted octanol–water partition coefficient (Wildman–Crippen LogP) is 2.11. The van der Waals surface area contributed by atoms with E-state index in [2.05, 4.69) is 0 Å². The lowest BCUT2D eigenvalue weighted by atomic mass is 9.90. The van der Waals surface area contributed by atoms with Gasteiger partial charge in [-0.25, -0.2) is 4.79 Å². The molecule has 5 heteroatoms. The van der Waals surface area contributed by atoms with Gasteiger partial charge in [-0.1, -0.05) is 19.3 Å². The van der Waals surface area contributed by atoms with Gasteiger partial charge in [-0.05, 0) is 18.8 Å². The van der Waals surface area contributed by atoms with Gasteiger partial charge in [0.2, 0.25) is 0 Å². The number of rotatable bonds is 5. The summed E-state index contributed by atoms with van der Waals surface area (Å²) >= 11 is 0. The highest BCUT2D eigenvalue weighted by atomic mass is 16.6. The molecule has 1 aliphatic rings. The second kappa shape index (κ2) is 7.14. The first-order valence-corrected chi connectivity index (χ1v) is 6.19. The molecule has 1 aliphatic carbocycles. The molecule has 1 amide bonds. The van der Waals surface area contributed by atoms with Crippen LogP contribution in [0.4, 0.5) is 4.79 Å². The summed E-state index contributed by atoms with van der Waals surface area (Å²) in [6.45, 7) is 0.662. The molecule has 0 saturated heterocycles. The molecule has 0 aromatic heterocycles. The summed E-state index contributed by atoms with van der Waals surface area (Å²) in [4.78, 5) is 23.2. The highest BCUT2D eigenvalue weighted by Crippen LogP contribution is 2.23. The van der Waals surface area contributed by atoms with E-state index in [0.29, 0.717) is 12.5 Å². The van der Waals surface area contributed by atoms with Crippen LogP contribution in [-0.2, 0) is 9.53 Å². The average molecular weight is 243 g/mol. The van der Waals surface area contributed by atoms with E-state index in [-0.39, 0.29) is 13.0 Å². The zero-order valence-corrected chi connectivity index (χ0v) is 10.4. The molecule has 0 aliphatic heterocycles. The number of carboxylic acid groups (broad SMARTS) is 1. The molecule has 0 aromatic rings. The van der Waals surface area contributed by atoms with Crippen molar-refractivity contribution >= 4 is 12.1 Å². The molecule has 1 rings (SSSR count). The van der Waals surface area contributed by atoms with Crippen LogP contribution in [0.2, 0.25) is 0 Å². The largest absolute Gasteiger partial charge is 0.481 e. The van der Waals surface area contributed by atoms with Gasteiger partial charge in [0.1, 0.15) is 0 Å². The van der Waals surface area contributed by atoms with Crippen molar-refractivity contribution in [3.8, 4) is 0 Å². The van der Waals surface area contributed by atoms with Crippen LogP contribution < -0.4 is 0 Å². The predicted molar refractivity (Wildman–Crippen MR) is 62.8 cm³/mol. The van der Waals surface area contributed by atoms with Gasteiger partial charge in [0, 0.05) is 13.6 Å². The van der Waals surface area contributed by atoms with Gasteiger partial charge < -0.3 is 14.7 Å². The van der Waals surface area contributed by atoms with E-state index in [1.54, 1.807) is 7.05 Å². The van der Waals surface area contributed by atoms with E-state index in [1.165, 1.54) is 24.2 Å². The molecule has 0 aromatic carbocycles. The Bertz CT molecular complexity index is 261. The summed E-state index contributed by atoms with van der Waals surface area (Å²) in [7, 11) is 1.56. The second-order valence-electron chi connectivity index (χ2n) is 4.65. The molecular weight excluding hydrogens is 222 g/mol. The van der Waals surface area contributed by atoms with Crippen molar-refractivity contribution in [2.24, 2.45) is 5.92 Å². The lowest BCUT2D eigenvalue weighted by Crippen LogP contribution is -2.31.